The summed E-state index contributed by atoms with van der Waals surface area (Å²) in [4.78, 5) is 23.0. The van der Waals surface area contributed by atoms with Gasteiger partial charge in [0.05, 0.1) is 0 Å². The summed E-state index contributed by atoms with van der Waals surface area (Å²) in [5.41, 5.74) is 7.56. The molecule has 11 heteroatoms. The first-order valence-electron chi connectivity index (χ1n) is 29.6. The van der Waals surface area contributed by atoms with Crippen LogP contribution in [0.2, 0.25) is 0 Å². The summed E-state index contributed by atoms with van der Waals surface area (Å²) in [5.74, 6) is 6.62. The quantitative estimate of drug-likeness (QED) is 0.0499. The molecule has 6 aromatic carbocycles. The largest absolute Gasteiger partial charge is 0.443 e. The number of aromatic nitrogens is 3. The van der Waals surface area contributed by atoms with Gasteiger partial charge in [0, 0.05) is 6.92 Å². The molecule has 11 rings (SSSR count). The Morgan fingerprint density at radius 2 is 0.650 bits per heavy atom. The van der Waals surface area contributed by atoms with Gasteiger partial charge in [-0.15, -0.1) is 15.0 Å². The van der Waals surface area contributed by atoms with E-state index in [2.05, 4.69) is 80.0 Å². The van der Waals surface area contributed by atoms with Gasteiger partial charge in [-0.05, 0) is 194 Å². The molecule has 80 heavy (non-hydrogen) atoms. The normalized spacial score (nSPS) is 17.1. The minimum atomic E-state index is 0.0592. The first-order valence-corrected chi connectivity index (χ1v) is 29.6. The van der Waals surface area contributed by atoms with Crippen molar-refractivity contribution in [1.82, 2.24) is 15.0 Å². The van der Waals surface area contributed by atoms with Gasteiger partial charge in [0.1, 0.15) is 34.5 Å². The molecule has 1 heterocycles. The van der Waals surface area contributed by atoms with Gasteiger partial charge in [-0.25, -0.2) is 0 Å². The van der Waals surface area contributed by atoms with Gasteiger partial charge in [0.2, 0.25) is 5.88 Å². The second-order valence-corrected chi connectivity index (χ2v) is 22.3. The second-order valence-electron chi connectivity index (χ2n) is 22.3. The van der Waals surface area contributed by atoms with Crippen molar-refractivity contribution in [2.75, 3.05) is 0 Å². The number of rotatable bonds is 17. The predicted molar refractivity (Wildman–Crippen MR) is 316 cm³/mol. The number of nitrogens with zero attached hydrogens (tertiary/aromatic N) is 5. The molecule has 0 atom stereocenters. The second kappa shape index (κ2) is 26.9. The maximum absolute atomic E-state index is 6.30. The zero-order valence-electron chi connectivity index (χ0n) is 46.4. The lowest BCUT2D eigenvalue weighted by Crippen LogP contribution is -2.13. The lowest BCUT2D eigenvalue weighted by molar-refractivity contribution is 0.362. The number of aliphatic imine (C=N–C) groups is 2. The van der Waals surface area contributed by atoms with Crippen LogP contribution in [0.5, 0.6) is 52.5 Å². The van der Waals surface area contributed by atoms with Crippen LogP contribution >= 0.6 is 0 Å². The third-order valence-electron chi connectivity index (χ3n) is 16.5. The summed E-state index contributed by atoms with van der Waals surface area (Å²) >= 11 is 0. The van der Waals surface area contributed by atoms with Gasteiger partial charge in [-0.2, -0.15) is 9.98 Å². The van der Waals surface area contributed by atoms with Crippen LogP contribution < -0.4 is 28.4 Å². The smallest absolute Gasteiger partial charge is 0.331 e. The Labute approximate surface area is 472 Å². The Hall–Kier alpha value is -7.79. The molecule has 0 aliphatic heterocycles. The molecule has 1 aromatic heterocycles. The minimum absolute atomic E-state index is 0.0592. The summed E-state index contributed by atoms with van der Waals surface area (Å²) in [6, 6.07) is 49.2. The van der Waals surface area contributed by atoms with Gasteiger partial charge >= 0.3 is 24.1 Å². The highest BCUT2D eigenvalue weighted by molar-refractivity contribution is 5.91. The van der Waals surface area contributed by atoms with E-state index >= 15 is 0 Å². The van der Waals surface area contributed by atoms with Crippen LogP contribution in [0.15, 0.2) is 168 Å². The molecule has 4 aliphatic rings. The monoisotopic (exact) mass is 1070 g/mol. The lowest BCUT2D eigenvalue weighted by Gasteiger charge is -2.22. The Bertz CT molecular complexity index is 3070. The molecular weight excluding hydrogens is 995 g/mol. The number of amidine groups is 1. The fraction of sp³-hybridized carbons (Fsp3) is 0.377. The van der Waals surface area contributed by atoms with Gasteiger partial charge in [0.15, 0.2) is 5.90 Å². The highest BCUT2D eigenvalue weighted by Crippen LogP contribution is 2.38. The third-order valence-corrected chi connectivity index (χ3v) is 16.5. The molecule has 11 nitrogen and oxygen atoms in total. The van der Waals surface area contributed by atoms with Crippen molar-refractivity contribution in [3.63, 3.8) is 0 Å². The molecule has 0 amide bonds. The molecule has 4 aliphatic carbocycles. The van der Waals surface area contributed by atoms with Crippen molar-refractivity contribution >= 4 is 11.9 Å². The highest BCUT2D eigenvalue weighted by Gasteiger charge is 2.21. The van der Waals surface area contributed by atoms with Gasteiger partial charge in [0.25, 0.3) is 0 Å². The summed E-state index contributed by atoms with van der Waals surface area (Å²) < 4.78 is 37.4. The first-order chi connectivity index (χ1) is 39.3. The van der Waals surface area contributed by atoms with E-state index < -0.39 is 0 Å². The number of hydrogen-bond donors (Lipinski definition) is 0. The summed E-state index contributed by atoms with van der Waals surface area (Å²) in [7, 11) is 0. The van der Waals surface area contributed by atoms with Crippen molar-refractivity contribution < 1.29 is 28.4 Å². The van der Waals surface area contributed by atoms with E-state index in [-0.39, 0.29) is 29.9 Å². The molecule has 0 bridgehead atoms. The van der Waals surface area contributed by atoms with Crippen molar-refractivity contribution in [3.05, 3.63) is 191 Å². The van der Waals surface area contributed by atoms with Gasteiger partial charge in [-0.1, -0.05) is 150 Å². The van der Waals surface area contributed by atoms with Crippen LogP contribution in [0.3, 0.4) is 0 Å². The van der Waals surface area contributed by atoms with Gasteiger partial charge < -0.3 is 28.4 Å². The van der Waals surface area contributed by atoms with E-state index in [1.54, 1.807) is 6.92 Å². The molecule has 0 unspecified atom stereocenters. The molecule has 412 valence electrons. The molecule has 0 spiro atoms. The molecule has 0 saturated heterocycles. The van der Waals surface area contributed by atoms with Crippen molar-refractivity contribution in [2.45, 2.75) is 165 Å². The van der Waals surface area contributed by atoms with E-state index in [1.165, 1.54) is 151 Å². The molecule has 7 aromatic rings. The van der Waals surface area contributed by atoms with Crippen LogP contribution in [0.1, 0.15) is 192 Å². The van der Waals surface area contributed by atoms with E-state index in [0.717, 1.165) is 11.1 Å². The van der Waals surface area contributed by atoms with E-state index in [9.17, 15) is 0 Å². The zero-order chi connectivity index (χ0) is 54.3. The lowest BCUT2D eigenvalue weighted by atomic mass is 9.84. The van der Waals surface area contributed by atoms with Crippen LogP contribution in [-0.4, -0.2) is 26.9 Å². The standard InChI is InChI=1S/C69H75N5O6/c1-48(70-66(77-63-41-29-57(30-42-63)53-17-9-4-10-18-53)71-49(2)76-61-39-27-56(28-40-61)52-15-7-3-8-16-52)75-60-35-23-50(24-36-60)47-51-25-37-62(38-26-51)78-67-72-68(79-64-43-31-58(32-44-64)54-19-11-5-12-20-54)74-69(73-67)80-65-45-33-59(34-46-65)55-21-13-6-14-22-55/h23-46,52-55H,1,3-22,47H2,2H3. The zero-order valence-corrected chi connectivity index (χ0v) is 46.4. The summed E-state index contributed by atoms with van der Waals surface area (Å²) in [6.07, 6.45) is 26.1. The van der Waals surface area contributed by atoms with Crippen molar-refractivity contribution in [3.8, 4) is 52.5 Å². The molecule has 0 radical (unpaired) electrons. The fourth-order valence-corrected chi connectivity index (χ4v) is 12.1. The maximum Gasteiger partial charge on any atom is 0.331 e. The Morgan fingerprint density at radius 1 is 0.362 bits per heavy atom. The molecule has 0 N–H and O–H groups in total. The van der Waals surface area contributed by atoms with Crippen LogP contribution in [0.4, 0.5) is 0 Å². The van der Waals surface area contributed by atoms with Crippen LogP contribution in [0, 0.1) is 0 Å². The van der Waals surface area contributed by atoms with Crippen molar-refractivity contribution in [2.24, 2.45) is 9.98 Å². The molecular formula is C69H75N5O6. The van der Waals surface area contributed by atoms with E-state index in [1.807, 2.05) is 97.1 Å². The van der Waals surface area contributed by atoms with E-state index in [4.69, 9.17) is 28.4 Å². The molecule has 4 fully saturated rings. The van der Waals surface area contributed by atoms with Gasteiger partial charge in [-0.3, -0.25) is 0 Å². The SMILES string of the molecule is C=C(N=C(N=C(C)Oc1ccc(C2CCCCC2)cc1)Oc1ccc(C2CCCCC2)cc1)Oc1ccc(Cc2ccc(Oc3nc(Oc4ccc(C5CCCCC5)cc4)nc(Oc4ccc(C5CCCCC5)cc4)n3)cc2)cc1. The number of benzene rings is 6. The average Bonchev–Trinajstić information content (AvgIpc) is 3.50. The summed E-state index contributed by atoms with van der Waals surface area (Å²) in [6.45, 7) is 5.92. The summed E-state index contributed by atoms with van der Waals surface area (Å²) in [5, 5.41) is 0. The Balaban J connectivity index is 0.737. The van der Waals surface area contributed by atoms with Crippen LogP contribution in [-0.2, 0) is 6.42 Å². The fourth-order valence-electron chi connectivity index (χ4n) is 12.1. The highest BCUT2D eigenvalue weighted by atomic mass is 16.5. The average molecular weight is 1070 g/mol. The topological polar surface area (TPSA) is 119 Å². The Kier molecular flexibility index (Phi) is 18.2. The number of ether oxygens (including phenoxy) is 6. The minimum Gasteiger partial charge on any atom is -0.443 e. The van der Waals surface area contributed by atoms with Crippen molar-refractivity contribution in [1.29, 1.82) is 0 Å². The maximum atomic E-state index is 6.30. The van der Waals surface area contributed by atoms with E-state index in [0.29, 0.717) is 70.5 Å². The molecule has 4 saturated carbocycles. The predicted octanol–water partition coefficient (Wildman–Crippen LogP) is 18.8. The number of hydrogen-bond acceptors (Lipinski definition) is 10. The third kappa shape index (κ3) is 15.3. The Morgan fingerprint density at radius 3 is 1.00 bits per heavy atom. The van der Waals surface area contributed by atoms with Crippen LogP contribution in [0.25, 0.3) is 0 Å². The first kappa shape index (κ1) is 54.2.